The lowest BCUT2D eigenvalue weighted by Crippen LogP contribution is -2.60. The van der Waals surface area contributed by atoms with E-state index in [1.807, 2.05) is 6.08 Å². The molecule has 7 atom stereocenters. The van der Waals surface area contributed by atoms with Gasteiger partial charge in [-0.05, 0) is 64.2 Å². The summed E-state index contributed by atoms with van der Waals surface area (Å²) in [5.41, 5.74) is 0. The number of carbonyl (C=O) groups excluding carboxylic acids is 2. The predicted octanol–water partition coefficient (Wildman–Crippen LogP) is 10.8. The van der Waals surface area contributed by atoms with Gasteiger partial charge in [0.2, 0.25) is 5.91 Å². The van der Waals surface area contributed by atoms with E-state index in [4.69, 9.17) is 14.2 Å². The predicted molar refractivity (Wildman–Crippen MR) is 260 cm³/mol. The van der Waals surface area contributed by atoms with Crippen molar-refractivity contribution in [3.05, 3.63) is 36.5 Å². The fourth-order valence-corrected chi connectivity index (χ4v) is 8.01. The number of esters is 1. The van der Waals surface area contributed by atoms with Crippen LogP contribution in [0.15, 0.2) is 36.5 Å². The Morgan fingerprint density at radius 2 is 1.03 bits per heavy atom. The highest BCUT2D eigenvalue weighted by molar-refractivity contribution is 5.76. The number of allylic oxidation sites excluding steroid dienone is 5. The Morgan fingerprint density at radius 1 is 0.578 bits per heavy atom. The summed E-state index contributed by atoms with van der Waals surface area (Å²) in [5.74, 6) is -0.249. The lowest BCUT2D eigenvalue weighted by Gasteiger charge is -2.40. The van der Waals surface area contributed by atoms with Gasteiger partial charge in [-0.1, -0.05) is 185 Å². The Hall–Kier alpha value is -2.12. The molecule has 0 saturated carbocycles. The van der Waals surface area contributed by atoms with Crippen molar-refractivity contribution in [3.8, 4) is 0 Å². The van der Waals surface area contributed by atoms with Crippen molar-refractivity contribution in [1.82, 2.24) is 5.32 Å². The molecule has 0 spiro atoms. The molecule has 0 radical (unpaired) electrons. The zero-order chi connectivity index (χ0) is 46.7. The van der Waals surface area contributed by atoms with Crippen LogP contribution in [0.1, 0.15) is 226 Å². The number of aliphatic hydroxyl groups is 5. The first-order chi connectivity index (χ1) is 31.2. The largest absolute Gasteiger partial charge is 0.466 e. The topological polar surface area (TPSA) is 175 Å². The molecule has 1 heterocycles. The first-order valence-corrected chi connectivity index (χ1v) is 26.3. The first-order valence-electron chi connectivity index (χ1n) is 26.3. The second-order valence-corrected chi connectivity index (χ2v) is 18.3. The van der Waals surface area contributed by atoms with Gasteiger partial charge in [-0.15, -0.1) is 0 Å². The average molecular weight is 908 g/mol. The molecule has 1 saturated heterocycles. The number of hydrogen-bond acceptors (Lipinski definition) is 10. The van der Waals surface area contributed by atoms with Crippen molar-refractivity contribution in [3.63, 3.8) is 0 Å². The maximum Gasteiger partial charge on any atom is 0.305 e. The molecular weight excluding hydrogens is 811 g/mol. The van der Waals surface area contributed by atoms with Gasteiger partial charge in [0.25, 0.3) is 0 Å². The number of nitrogens with one attached hydrogen (secondary N) is 1. The highest BCUT2D eigenvalue weighted by Gasteiger charge is 2.44. The van der Waals surface area contributed by atoms with E-state index in [9.17, 15) is 35.1 Å². The van der Waals surface area contributed by atoms with Crippen molar-refractivity contribution in [2.75, 3.05) is 19.8 Å². The molecule has 1 fully saturated rings. The fraction of sp³-hybridized carbons (Fsp3) is 0.849. The second-order valence-electron chi connectivity index (χ2n) is 18.3. The van der Waals surface area contributed by atoms with E-state index in [-0.39, 0.29) is 18.5 Å². The van der Waals surface area contributed by atoms with Crippen molar-refractivity contribution in [2.45, 2.75) is 269 Å². The molecule has 11 heteroatoms. The van der Waals surface area contributed by atoms with Gasteiger partial charge in [-0.3, -0.25) is 9.59 Å². The van der Waals surface area contributed by atoms with Gasteiger partial charge in [-0.2, -0.15) is 0 Å². The molecule has 7 unspecified atom stereocenters. The zero-order valence-electron chi connectivity index (χ0n) is 40.7. The van der Waals surface area contributed by atoms with Crippen LogP contribution in [0.2, 0.25) is 0 Å². The lowest BCUT2D eigenvalue weighted by atomic mass is 9.99. The van der Waals surface area contributed by atoms with Gasteiger partial charge in [-0.25, -0.2) is 0 Å². The number of rotatable bonds is 44. The third-order valence-corrected chi connectivity index (χ3v) is 12.3. The normalized spacial score (nSPS) is 20.1. The van der Waals surface area contributed by atoms with Crippen LogP contribution in [0.4, 0.5) is 0 Å². The SMILES string of the molecule is CCCCCCCCCC/C=C/C(O)C(COC1OC(CO)C(O)C(O)C1O)NC(=O)CCCCCCCC/C=C\C=C/CCCCCOC(=O)CCCCCCCCCCCCC. The van der Waals surface area contributed by atoms with E-state index in [1.165, 1.54) is 96.3 Å². The second kappa shape index (κ2) is 43.5. The third-order valence-electron chi connectivity index (χ3n) is 12.3. The van der Waals surface area contributed by atoms with E-state index >= 15 is 0 Å². The molecule has 0 bridgehead atoms. The van der Waals surface area contributed by atoms with Gasteiger partial charge >= 0.3 is 5.97 Å². The fourth-order valence-electron chi connectivity index (χ4n) is 8.01. The maximum absolute atomic E-state index is 13.0. The van der Waals surface area contributed by atoms with Crippen molar-refractivity contribution >= 4 is 11.9 Å². The van der Waals surface area contributed by atoms with Crippen LogP contribution in [-0.2, 0) is 23.8 Å². The highest BCUT2D eigenvalue weighted by Crippen LogP contribution is 2.23. The molecular formula is C53H97NO10. The number of amides is 1. The maximum atomic E-state index is 13.0. The van der Waals surface area contributed by atoms with E-state index in [0.29, 0.717) is 19.4 Å². The number of aliphatic hydroxyl groups excluding tert-OH is 5. The van der Waals surface area contributed by atoms with Gasteiger partial charge < -0.3 is 45.1 Å². The molecule has 1 aliphatic heterocycles. The van der Waals surface area contributed by atoms with Gasteiger partial charge in [0.15, 0.2) is 6.29 Å². The van der Waals surface area contributed by atoms with E-state index < -0.39 is 49.5 Å². The lowest BCUT2D eigenvalue weighted by molar-refractivity contribution is -0.302. The zero-order valence-corrected chi connectivity index (χ0v) is 40.7. The molecule has 0 aromatic carbocycles. The minimum Gasteiger partial charge on any atom is -0.466 e. The molecule has 6 N–H and O–H groups in total. The van der Waals surface area contributed by atoms with E-state index in [1.54, 1.807) is 6.08 Å². The minimum absolute atomic E-state index is 0.0420. The standard InChI is InChI=1S/C53H97NO10/c1-3-5-7-9-11-13-20-25-29-33-37-41-49(58)62-42-38-34-30-26-22-19-17-15-16-18-21-24-28-32-36-40-48(57)54-45(44-63-53-52(61)51(60)50(59)47(43-55)64-53)46(56)39-35-31-27-23-14-12-10-8-6-4-2/h15,17,19,22,35,39,45-47,50-53,55-56,59-61H,3-14,16,18,20-21,23-34,36-38,40-44H2,1-2H3,(H,54,57)/b17-15-,22-19-,39-35+. The van der Waals surface area contributed by atoms with Gasteiger partial charge in [0.05, 0.1) is 32.0 Å². The molecule has 0 aromatic heterocycles. The van der Waals surface area contributed by atoms with Crippen LogP contribution in [-0.4, -0.2) is 100 Å². The minimum atomic E-state index is -1.58. The summed E-state index contributed by atoms with van der Waals surface area (Å²) in [5, 5.41) is 54.1. The first kappa shape index (κ1) is 59.9. The average Bonchev–Trinajstić information content (AvgIpc) is 3.29. The van der Waals surface area contributed by atoms with Crippen molar-refractivity contribution in [2.24, 2.45) is 0 Å². The number of carbonyl (C=O) groups is 2. The van der Waals surface area contributed by atoms with Crippen LogP contribution in [0, 0.1) is 0 Å². The summed E-state index contributed by atoms with van der Waals surface area (Å²) in [7, 11) is 0. The van der Waals surface area contributed by atoms with Crippen LogP contribution >= 0.6 is 0 Å². The Kier molecular flexibility index (Phi) is 40.7. The van der Waals surface area contributed by atoms with Gasteiger partial charge in [0, 0.05) is 12.8 Å². The van der Waals surface area contributed by atoms with Crippen LogP contribution in [0.3, 0.4) is 0 Å². The molecule has 11 nitrogen and oxygen atoms in total. The van der Waals surface area contributed by atoms with E-state index in [0.717, 1.165) is 103 Å². The summed E-state index contributed by atoms with van der Waals surface area (Å²) < 4.78 is 16.6. The quantitative estimate of drug-likeness (QED) is 0.0149. The van der Waals surface area contributed by atoms with Crippen LogP contribution in [0.25, 0.3) is 0 Å². The Labute approximate surface area is 390 Å². The van der Waals surface area contributed by atoms with Gasteiger partial charge in [0.1, 0.15) is 24.4 Å². The van der Waals surface area contributed by atoms with Crippen molar-refractivity contribution in [1.29, 1.82) is 0 Å². The Balaban J connectivity index is 2.18. The molecule has 374 valence electrons. The molecule has 64 heavy (non-hydrogen) atoms. The van der Waals surface area contributed by atoms with Crippen molar-refractivity contribution < 1.29 is 49.3 Å². The number of hydrogen-bond donors (Lipinski definition) is 6. The summed E-state index contributed by atoms with van der Waals surface area (Å²) in [6.45, 7) is 4.23. The van der Waals surface area contributed by atoms with Crippen LogP contribution < -0.4 is 5.32 Å². The third kappa shape index (κ3) is 33.4. The molecule has 0 aromatic rings. The molecule has 1 aliphatic rings. The Bertz CT molecular complexity index is 1160. The highest BCUT2D eigenvalue weighted by atomic mass is 16.7. The molecule has 1 rings (SSSR count). The summed E-state index contributed by atoms with van der Waals surface area (Å²) in [6.07, 6.45) is 40.8. The number of unbranched alkanes of at least 4 members (excludes halogenated alkanes) is 27. The Morgan fingerprint density at radius 3 is 1.55 bits per heavy atom. The summed E-state index contributed by atoms with van der Waals surface area (Å²) in [6, 6.07) is -0.825. The summed E-state index contributed by atoms with van der Waals surface area (Å²) >= 11 is 0. The monoisotopic (exact) mass is 908 g/mol. The van der Waals surface area contributed by atoms with E-state index in [2.05, 4.69) is 43.5 Å². The molecule has 0 aliphatic carbocycles. The summed E-state index contributed by atoms with van der Waals surface area (Å²) in [4.78, 5) is 25.0. The van der Waals surface area contributed by atoms with Crippen LogP contribution in [0.5, 0.6) is 0 Å². The number of ether oxygens (including phenoxy) is 3. The molecule has 1 amide bonds. The smallest absolute Gasteiger partial charge is 0.305 e.